The second-order valence-electron chi connectivity index (χ2n) is 5.32. The second kappa shape index (κ2) is 5.19. The smallest absolute Gasteiger partial charge is 0.375 e. The van der Waals surface area contributed by atoms with E-state index in [-0.39, 0.29) is 5.69 Å². The fraction of sp³-hybridized carbons (Fsp3) is 0.462. The van der Waals surface area contributed by atoms with Crippen LogP contribution in [0.2, 0.25) is 0 Å². The van der Waals surface area contributed by atoms with Gasteiger partial charge in [-0.1, -0.05) is 20.8 Å². The van der Waals surface area contributed by atoms with Crippen molar-refractivity contribution < 1.29 is 22.4 Å². The maximum absolute atomic E-state index is 13.1. The van der Waals surface area contributed by atoms with E-state index >= 15 is 0 Å². The van der Waals surface area contributed by atoms with E-state index in [0.29, 0.717) is 12.4 Å². The quantitative estimate of drug-likeness (QED) is 0.671. The predicted molar refractivity (Wildman–Crippen MR) is 64.3 cm³/mol. The minimum absolute atomic E-state index is 0.0563. The number of halogens is 4. The van der Waals surface area contributed by atoms with Gasteiger partial charge in [0.05, 0.1) is 11.6 Å². The SMILES string of the molecule is CC(C)(C)C(C=O)Nc1ccc(F)c(C(F)(F)F)c1. The van der Waals surface area contributed by atoms with Crippen molar-refractivity contribution in [1.82, 2.24) is 0 Å². The Morgan fingerprint density at radius 2 is 1.79 bits per heavy atom. The van der Waals surface area contributed by atoms with Crippen LogP contribution in [0.4, 0.5) is 23.2 Å². The first-order valence-electron chi connectivity index (χ1n) is 5.64. The van der Waals surface area contributed by atoms with Gasteiger partial charge in [0, 0.05) is 5.69 Å². The number of anilines is 1. The number of carbonyl (C=O) groups excluding carboxylic acids is 1. The maximum Gasteiger partial charge on any atom is 0.419 e. The molecule has 0 aliphatic rings. The summed E-state index contributed by atoms with van der Waals surface area (Å²) < 4.78 is 50.7. The molecule has 106 valence electrons. The first kappa shape index (κ1) is 15.5. The Bertz CT molecular complexity index is 463. The van der Waals surface area contributed by atoms with Gasteiger partial charge in [0.1, 0.15) is 12.1 Å². The lowest BCUT2D eigenvalue weighted by molar-refractivity contribution is -0.139. The van der Waals surface area contributed by atoms with Crippen molar-refractivity contribution in [3.63, 3.8) is 0 Å². The third-order valence-electron chi connectivity index (χ3n) is 2.66. The molecule has 1 atom stereocenters. The summed E-state index contributed by atoms with van der Waals surface area (Å²) in [4.78, 5) is 10.9. The van der Waals surface area contributed by atoms with E-state index in [9.17, 15) is 22.4 Å². The average Bonchev–Trinajstić information content (AvgIpc) is 2.24. The fourth-order valence-electron chi connectivity index (χ4n) is 1.47. The van der Waals surface area contributed by atoms with Gasteiger partial charge in [0.15, 0.2) is 0 Å². The molecule has 19 heavy (non-hydrogen) atoms. The Morgan fingerprint density at radius 1 is 1.21 bits per heavy atom. The minimum atomic E-state index is -4.76. The highest BCUT2D eigenvalue weighted by molar-refractivity contribution is 5.66. The monoisotopic (exact) mass is 277 g/mol. The zero-order chi connectivity index (χ0) is 14.8. The van der Waals surface area contributed by atoms with Crippen LogP contribution in [0, 0.1) is 11.2 Å². The predicted octanol–water partition coefficient (Wildman–Crippen LogP) is 3.87. The summed E-state index contributed by atoms with van der Waals surface area (Å²) in [5.74, 6) is -1.34. The zero-order valence-corrected chi connectivity index (χ0v) is 10.8. The van der Waals surface area contributed by atoms with Crippen molar-refractivity contribution in [2.24, 2.45) is 5.41 Å². The molecule has 0 aromatic heterocycles. The van der Waals surface area contributed by atoms with E-state index < -0.39 is 29.0 Å². The van der Waals surface area contributed by atoms with Gasteiger partial charge in [0.25, 0.3) is 0 Å². The number of hydrogen-bond donors (Lipinski definition) is 1. The maximum atomic E-state index is 13.1. The molecule has 0 aliphatic carbocycles. The highest BCUT2D eigenvalue weighted by Gasteiger charge is 2.34. The van der Waals surface area contributed by atoms with Gasteiger partial charge in [-0.15, -0.1) is 0 Å². The van der Waals surface area contributed by atoms with Gasteiger partial charge < -0.3 is 10.1 Å². The minimum Gasteiger partial charge on any atom is -0.375 e. The van der Waals surface area contributed by atoms with Crippen LogP contribution in [0.1, 0.15) is 26.3 Å². The standard InChI is InChI=1S/C13H15F4NO/c1-12(2,3)11(7-19)18-8-4-5-10(14)9(6-8)13(15,16)17/h4-7,11,18H,1-3H3. The zero-order valence-electron chi connectivity index (χ0n) is 10.8. The summed E-state index contributed by atoms with van der Waals surface area (Å²) in [6.45, 7) is 5.31. The highest BCUT2D eigenvalue weighted by atomic mass is 19.4. The molecular weight excluding hydrogens is 262 g/mol. The number of carbonyl (C=O) groups is 1. The van der Waals surface area contributed by atoms with Crippen LogP contribution >= 0.6 is 0 Å². The van der Waals surface area contributed by atoms with E-state index in [1.807, 2.05) is 0 Å². The lowest BCUT2D eigenvalue weighted by Crippen LogP contribution is -2.35. The van der Waals surface area contributed by atoms with Gasteiger partial charge in [0.2, 0.25) is 0 Å². The number of nitrogens with one attached hydrogen (secondary N) is 1. The summed E-state index contributed by atoms with van der Waals surface area (Å²) >= 11 is 0. The summed E-state index contributed by atoms with van der Waals surface area (Å²) in [6, 6.07) is 1.90. The third-order valence-corrected chi connectivity index (χ3v) is 2.66. The molecule has 1 aromatic rings. The summed E-state index contributed by atoms with van der Waals surface area (Å²) in [6.07, 6.45) is -4.14. The molecule has 1 rings (SSSR count). The molecule has 0 radical (unpaired) electrons. The summed E-state index contributed by atoms with van der Waals surface area (Å²) in [5.41, 5.74) is -1.76. The normalized spacial score (nSPS) is 14.1. The molecule has 0 saturated heterocycles. The van der Waals surface area contributed by atoms with Crippen molar-refractivity contribution >= 4 is 12.0 Å². The van der Waals surface area contributed by atoms with Crippen LogP contribution in [0.3, 0.4) is 0 Å². The van der Waals surface area contributed by atoms with Crippen molar-refractivity contribution in [1.29, 1.82) is 0 Å². The van der Waals surface area contributed by atoms with Gasteiger partial charge in [-0.25, -0.2) is 4.39 Å². The van der Waals surface area contributed by atoms with Crippen molar-refractivity contribution in [3.8, 4) is 0 Å². The van der Waals surface area contributed by atoms with Crippen LogP contribution in [0.25, 0.3) is 0 Å². The number of benzene rings is 1. The molecule has 2 nitrogen and oxygen atoms in total. The van der Waals surface area contributed by atoms with Crippen LogP contribution in [-0.2, 0) is 11.0 Å². The van der Waals surface area contributed by atoms with Gasteiger partial charge in [-0.3, -0.25) is 0 Å². The molecule has 0 heterocycles. The molecule has 0 bridgehead atoms. The second-order valence-corrected chi connectivity index (χ2v) is 5.32. The van der Waals surface area contributed by atoms with Crippen LogP contribution < -0.4 is 5.32 Å². The lowest BCUT2D eigenvalue weighted by Gasteiger charge is -2.27. The Labute approximate surface area is 108 Å². The number of aldehydes is 1. The number of hydrogen-bond acceptors (Lipinski definition) is 2. The topological polar surface area (TPSA) is 29.1 Å². The Balaban J connectivity index is 3.07. The highest BCUT2D eigenvalue weighted by Crippen LogP contribution is 2.33. The largest absolute Gasteiger partial charge is 0.419 e. The van der Waals surface area contributed by atoms with Crippen LogP contribution in [0.5, 0.6) is 0 Å². The molecule has 6 heteroatoms. The molecule has 1 N–H and O–H groups in total. The molecule has 0 fully saturated rings. The Hall–Kier alpha value is -1.59. The molecule has 0 amide bonds. The van der Waals surface area contributed by atoms with Gasteiger partial charge in [-0.2, -0.15) is 13.2 Å². The van der Waals surface area contributed by atoms with Gasteiger partial charge >= 0.3 is 6.18 Å². The van der Waals surface area contributed by atoms with E-state index in [1.54, 1.807) is 20.8 Å². The molecule has 0 saturated carbocycles. The Morgan fingerprint density at radius 3 is 2.21 bits per heavy atom. The summed E-state index contributed by atoms with van der Waals surface area (Å²) in [5, 5.41) is 2.67. The van der Waals surface area contributed by atoms with E-state index in [0.717, 1.165) is 6.07 Å². The van der Waals surface area contributed by atoms with Crippen molar-refractivity contribution in [2.75, 3.05) is 5.32 Å². The number of rotatable bonds is 3. The first-order valence-corrected chi connectivity index (χ1v) is 5.64. The molecule has 0 aliphatic heterocycles. The molecule has 1 aromatic carbocycles. The average molecular weight is 277 g/mol. The lowest BCUT2D eigenvalue weighted by atomic mass is 9.87. The first-order chi connectivity index (χ1) is 8.55. The Kier molecular flexibility index (Phi) is 4.22. The summed E-state index contributed by atoms with van der Waals surface area (Å²) in [7, 11) is 0. The van der Waals surface area contributed by atoms with E-state index in [2.05, 4.69) is 5.32 Å². The number of alkyl halides is 3. The third kappa shape index (κ3) is 3.94. The fourth-order valence-corrected chi connectivity index (χ4v) is 1.47. The van der Waals surface area contributed by atoms with Gasteiger partial charge in [-0.05, 0) is 23.6 Å². The molecule has 0 spiro atoms. The van der Waals surface area contributed by atoms with Crippen LogP contribution in [-0.4, -0.2) is 12.3 Å². The molecule has 1 unspecified atom stereocenters. The van der Waals surface area contributed by atoms with E-state index in [4.69, 9.17) is 0 Å². The van der Waals surface area contributed by atoms with Crippen molar-refractivity contribution in [3.05, 3.63) is 29.6 Å². The van der Waals surface area contributed by atoms with Crippen LogP contribution in [0.15, 0.2) is 18.2 Å². The van der Waals surface area contributed by atoms with E-state index in [1.165, 1.54) is 6.07 Å². The van der Waals surface area contributed by atoms with Crippen molar-refractivity contribution in [2.45, 2.75) is 33.0 Å². The molecular formula is C13H15F4NO.